The molecule has 0 N–H and O–H groups in total. The van der Waals surface area contributed by atoms with Crippen LogP contribution in [0.5, 0.6) is 0 Å². The van der Waals surface area contributed by atoms with Crippen LogP contribution in [0, 0.1) is 23.7 Å². The Bertz CT molecular complexity index is 1730. The molecule has 1 aliphatic carbocycles. The fraction of sp³-hybridized carbons (Fsp3) is 0.366. The van der Waals surface area contributed by atoms with Crippen molar-refractivity contribution in [2.75, 3.05) is 80.3 Å². The molecule has 4 aromatic rings. The van der Waals surface area contributed by atoms with E-state index in [1.807, 2.05) is 12.1 Å². The maximum atomic E-state index is 11.2. The van der Waals surface area contributed by atoms with Crippen LogP contribution in [0.25, 0.3) is 11.1 Å². The molecule has 10 heteroatoms. The van der Waals surface area contributed by atoms with Gasteiger partial charge >= 0.3 is 0 Å². The van der Waals surface area contributed by atoms with E-state index in [0.717, 1.165) is 44.6 Å². The highest BCUT2D eigenvalue weighted by molar-refractivity contribution is 7.14. The molecule has 0 amide bonds. The summed E-state index contributed by atoms with van der Waals surface area (Å²) in [7, 11) is 3.31. The molecule has 1 aliphatic rings. The summed E-state index contributed by atoms with van der Waals surface area (Å²) in [6, 6.07) is 20.1. The lowest BCUT2D eigenvalue weighted by Crippen LogP contribution is -2.30. The third-order valence-corrected chi connectivity index (χ3v) is 10.3. The van der Waals surface area contributed by atoms with Gasteiger partial charge in [-0.1, -0.05) is 35.8 Å². The van der Waals surface area contributed by atoms with Crippen molar-refractivity contribution < 1.29 is 38.0 Å². The molecule has 5 rings (SSSR count). The van der Waals surface area contributed by atoms with Gasteiger partial charge in [0, 0.05) is 44.0 Å². The minimum Gasteiger partial charge on any atom is -0.382 e. The maximum absolute atomic E-state index is 11.2. The summed E-state index contributed by atoms with van der Waals surface area (Å²) in [5, 5.41) is 0. The Morgan fingerprint density at radius 2 is 0.941 bits per heavy atom. The quantitative estimate of drug-likeness (QED) is 0.0570. The average Bonchev–Trinajstić information content (AvgIpc) is 3.89. The predicted molar refractivity (Wildman–Crippen MR) is 200 cm³/mol. The van der Waals surface area contributed by atoms with Gasteiger partial charge in [-0.15, -0.1) is 22.7 Å². The largest absolute Gasteiger partial charge is 0.382 e. The van der Waals surface area contributed by atoms with Crippen molar-refractivity contribution in [1.29, 1.82) is 0 Å². The van der Waals surface area contributed by atoms with Crippen LogP contribution in [0.3, 0.4) is 0 Å². The Morgan fingerprint density at radius 3 is 1.33 bits per heavy atom. The highest BCUT2D eigenvalue weighted by Crippen LogP contribution is 2.53. The van der Waals surface area contributed by atoms with Gasteiger partial charge in [-0.3, -0.25) is 9.59 Å². The van der Waals surface area contributed by atoms with Crippen LogP contribution in [0.4, 0.5) is 0 Å². The summed E-state index contributed by atoms with van der Waals surface area (Å²) in [5.74, 6) is 13.1. The van der Waals surface area contributed by atoms with Gasteiger partial charge in [0.1, 0.15) is 0 Å². The number of fused-ring (bicyclic) bond motifs is 3. The highest BCUT2D eigenvalue weighted by Gasteiger charge is 2.43. The highest BCUT2D eigenvalue weighted by atomic mass is 32.1. The zero-order valence-corrected chi connectivity index (χ0v) is 30.6. The van der Waals surface area contributed by atoms with Gasteiger partial charge in [0.25, 0.3) is 0 Å². The fourth-order valence-corrected chi connectivity index (χ4v) is 7.32. The van der Waals surface area contributed by atoms with Gasteiger partial charge in [0.05, 0.1) is 72.4 Å². The number of hydrogen-bond acceptors (Lipinski definition) is 10. The Kier molecular flexibility index (Phi) is 15.2. The lowest BCUT2D eigenvalue weighted by atomic mass is 9.72. The van der Waals surface area contributed by atoms with Gasteiger partial charge in [0.15, 0.2) is 12.6 Å². The molecule has 2 aromatic heterocycles. The van der Waals surface area contributed by atoms with E-state index in [4.69, 9.17) is 28.4 Å². The summed E-state index contributed by atoms with van der Waals surface area (Å²) in [5.41, 5.74) is 5.95. The van der Waals surface area contributed by atoms with Crippen LogP contribution in [0.15, 0.2) is 60.7 Å². The molecule has 2 aromatic carbocycles. The number of thiophene rings is 2. The molecule has 0 radical (unpaired) electrons. The van der Waals surface area contributed by atoms with E-state index in [-0.39, 0.29) is 0 Å². The van der Waals surface area contributed by atoms with E-state index in [0.29, 0.717) is 88.7 Å². The third-order valence-electron chi connectivity index (χ3n) is 8.46. The monoisotopic (exact) mass is 726 g/mol. The number of hydrogen-bond donors (Lipinski definition) is 0. The first-order chi connectivity index (χ1) is 25.1. The summed E-state index contributed by atoms with van der Waals surface area (Å²) in [6.07, 6.45) is 3.10. The van der Waals surface area contributed by atoms with Crippen LogP contribution in [0.1, 0.15) is 64.2 Å². The molecule has 0 bridgehead atoms. The molecular weight excluding hydrogens is 685 g/mol. The van der Waals surface area contributed by atoms with Gasteiger partial charge in [-0.25, -0.2) is 0 Å². The zero-order valence-electron chi connectivity index (χ0n) is 29.0. The molecule has 0 spiro atoms. The number of aldehydes is 2. The Balaban J connectivity index is 1.47. The standard InChI is InChI=1S/C41H42O8S2/c1-44-19-21-48-25-23-46-17-15-41(16-18-47-24-26-49-22-20-45-2)39-27-31(3-7-33-9-11-35(29-42)50-33)5-13-37(39)38-14-6-32(28-40(38)41)4-8-34-10-12-36(30-43)51-34/h5-6,9-14,27-30H,15-26H2,1-2H3. The number of methoxy groups -OCH3 is 2. The molecule has 8 nitrogen and oxygen atoms in total. The SMILES string of the molecule is COCCOCCOCCC1(CCOCCOCCOC)c2cc(C#Cc3ccc(C=O)s3)ccc2-c2ccc(C#Cc3ccc(C=O)s3)cc21. The molecule has 0 saturated heterocycles. The van der Waals surface area contributed by atoms with Crippen molar-refractivity contribution in [3.05, 3.63) is 102 Å². The van der Waals surface area contributed by atoms with E-state index < -0.39 is 5.41 Å². The van der Waals surface area contributed by atoms with Crippen molar-refractivity contribution in [3.8, 4) is 34.8 Å². The van der Waals surface area contributed by atoms with E-state index in [1.165, 1.54) is 33.8 Å². The Labute approximate surface area is 308 Å². The van der Waals surface area contributed by atoms with Crippen LogP contribution in [-0.2, 0) is 33.8 Å². The Hall–Kier alpha value is -3.94. The average molecular weight is 727 g/mol. The first kappa shape index (κ1) is 38.3. The molecule has 51 heavy (non-hydrogen) atoms. The number of ether oxygens (including phenoxy) is 6. The number of benzene rings is 2. The lowest BCUT2D eigenvalue weighted by Gasteiger charge is -2.32. The predicted octanol–water partition coefficient (Wildman–Crippen LogP) is 6.64. The van der Waals surface area contributed by atoms with Crippen LogP contribution in [-0.4, -0.2) is 92.9 Å². The zero-order chi connectivity index (χ0) is 35.7. The Morgan fingerprint density at radius 1 is 0.529 bits per heavy atom. The van der Waals surface area contributed by atoms with Crippen LogP contribution in [0.2, 0.25) is 0 Å². The molecular formula is C41H42O8S2. The molecule has 0 unspecified atom stereocenters. The number of carbonyl (C=O) groups excluding carboxylic acids is 2. The van der Waals surface area contributed by atoms with E-state index in [1.54, 1.807) is 26.4 Å². The summed E-state index contributed by atoms with van der Waals surface area (Å²) >= 11 is 2.76. The smallest absolute Gasteiger partial charge is 0.160 e. The molecule has 266 valence electrons. The third kappa shape index (κ3) is 10.6. The molecule has 2 heterocycles. The topological polar surface area (TPSA) is 89.5 Å². The van der Waals surface area contributed by atoms with Gasteiger partial charge < -0.3 is 28.4 Å². The minimum atomic E-state index is -0.449. The number of rotatable bonds is 20. The van der Waals surface area contributed by atoms with Crippen LogP contribution >= 0.6 is 22.7 Å². The second-order valence-electron chi connectivity index (χ2n) is 11.7. The van der Waals surface area contributed by atoms with Gasteiger partial charge in [-0.2, -0.15) is 0 Å². The fourth-order valence-electron chi connectivity index (χ4n) is 5.97. The molecule has 0 saturated carbocycles. The minimum absolute atomic E-state index is 0.449. The second kappa shape index (κ2) is 20.2. The van der Waals surface area contributed by atoms with E-state index in [2.05, 4.69) is 60.1 Å². The van der Waals surface area contributed by atoms with Crippen molar-refractivity contribution in [1.82, 2.24) is 0 Å². The number of carbonyl (C=O) groups is 2. The molecule has 0 fully saturated rings. The lowest BCUT2D eigenvalue weighted by molar-refractivity contribution is 0.0145. The van der Waals surface area contributed by atoms with Crippen molar-refractivity contribution >= 4 is 35.2 Å². The summed E-state index contributed by atoms with van der Waals surface area (Å²) in [6.45, 7) is 5.05. The molecule has 0 aliphatic heterocycles. The molecule has 0 atom stereocenters. The van der Waals surface area contributed by atoms with Crippen molar-refractivity contribution in [2.24, 2.45) is 0 Å². The van der Waals surface area contributed by atoms with Gasteiger partial charge in [-0.05, 0) is 83.6 Å². The first-order valence-electron chi connectivity index (χ1n) is 16.8. The maximum Gasteiger partial charge on any atom is 0.160 e. The van der Waals surface area contributed by atoms with Gasteiger partial charge in [0.2, 0.25) is 0 Å². The second-order valence-corrected chi connectivity index (χ2v) is 13.9. The van der Waals surface area contributed by atoms with Crippen LogP contribution < -0.4 is 0 Å². The van der Waals surface area contributed by atoms with Crippen molar-refractivity contribution in [2.45, 2.75) is 18.3 Å². The van der Waals surface area contributed by atoms with E-state index >= 15 is 0 Å². The normalized spacial score (nSPS) is 12.4. The first-order valence-corrected chi connectivity index (χ1v) is 18.5. The summed E-state index contributed by atoms with van der Waals surface area (Å²) < 4.78 is 33.7. The summed E-state index contributed by atoms with van der Waals surface area (Å²) in [4.78, 5) is 25.4. The van der Waals surface area contributed by atoms with E-state index in [9.17, 15) is 9.59 Å². The van der Waals surface area contributed by atoms with Crippen molar-refractivity contribution in [3.63, 3.8) is 0 Å².